The van der Waals surface area contributed by atoms with Crippen LogP contribution < -0.4 is 0 Å². The van der Waals surface area contributed by atoms with Crippen molar-refractivity contribution in [3.8, 4) is 0 Å². The van der Waals surface area contributed by atoms with Crippen LogP contribution >= 0.6 is 0 Å². The molecular weight excluding hydrogens is 251 g/mol. The Labute approximate surface area is 89.7 Å². The molecule has 0 aromatic rings. The molecule has 0 saturated carbocycles. The summed E-state index contributed by atoms with van der Waals surface area (Å²) >= 11 is 0. The Balaban J connectivity index is -0.00000000222. The van der Waals surface area contributed by atoms with Gasteiger partial charge < -0.3 is 52.9 Å². The smallest absolute Gasteiger partial charge is 0.759 e. The summed E-state index contributed by atoms with van der Waals surface area (Å²) in [6, 6.07) is 0. The molecular formula is H16AlO12S+. The summed E-state index contributed by atoms with van der Waals surface area (Å²) in [6.07, 6.45) is 0. The Morgan fingerprint density at radius 2 is 0.571 bits per heavy atom. The minimum Gasteiger partial charge on any atom is -0.759 e. The van der Waals surface area contributed by atoms with E-state index in [1.807, 2.05) is 0 Å². The summed E-state index contributed by atoms with van der Waals surface area (Å²) < 4.78 is 34.1. The Morgan fingerprint density at radius 3 is 0.571 bits per heavy atom. The van der Waals surface area contributed by atoms with Gasteiger partial charge in [0, 0.05) is 10.4 Å². The second-order valence-electron chi connectivity index (χ2n) is 0.408. The Bertz CT molecular complexity index is 93.5. The zero-order chi connectivity index (χ0) is 4.50. The van der Waals surface area contributed by atoms with Crippen LogP contribution in [0.25, 0.3) is 0 Å². The minimum absolute atomic E-state index is 0. The van der Waals surface area contributed by atoms with E-state index in [2.05, 4.69) is 0 Å². The van der Waals surface area contributed by atoms with Gasteiger partial charge in [-0.1, -0.05) is 0 Å². The number of hydrogen-bond acceptors (Lipinski definition) is 4. The van der Waals surface area contributed by atoms with Crippen LogP contribution in [0.1, 0.15) is 0 Å². The molecule has 0 heterocycles. The average Bonchev–Trinajstić information content (AvgIpc) is 0.722. The molecule has 12 nitrogen and oxygen atoms in total. The van der Waals surface area contributed by atoms with E-state index in [1.54, 1.807) is 0 Å². The van der Waals surface area contributed by atoms with Crippen LogP contribution in [-0.4, -0.2) is 78.7 Å². The molecule has 96 valence electrons. The largest absolute Gasteiger partial charge is 3.00 e. The predicted octanol–water partition coefficient (Wildman–Crippen LogP) is -8.32. The van der Waals surface area contributed by atoms with Crippen LogP contribution in [0.4, 0.5) is 0 Å². The molecule has 0 saturated heterocycles. The fourth-order valence-electron chi connectivity index (χ4n) is 0. The molecule has 16 N–H and O–H groups in total. The normalized spacial score (nSPS) is 4.14. The van der Waals surface area contributed by atoms with Crippen molar-refractivity contribution in [1.29, 1.82) is 0 Å². The molecule has 0 rings (SSSR count). The van der Waals surface area contributed by atoms with Crippen molar-refractivity contribution in [3.63, 3.8) is 0 Å². The van der Waals surface area contributed by atoms with Crippen molar-refractivity contribution >= 4 is 27.8 Å². The van der Waals surface area contributed by atoms with E-state index in [4.69, 9.17) is 17.5 Å². The molecule has 0 fully saturated rings. The van der Waals surface area contributed by atoms with Gasteiger partial charge in [-0.15, -0.1) is 0 Å². The van der Waals surface area contributed by atoms with Crippen LogP contribution in [0, 0.1) is 0 Å². The van der Waals surface area contributed by atoms with Gasteiger partial charge in [0.25, 0.3) is 0 Å². The van der Waals surface area contributed by atoms with Crippen molar-refractivity contribution in [2.24, 2.45) is 0 Å². The third-order valence-corrected chi connectivity index (χ3v) is 0. The van der Waals surface area contributed by atoms with E-state index >= 15 is 0 Å². The van der Waals surface area contributed by atoms with Crippen molar-refractivity contribution in [2.75, 3.05) is 0 Å². The van der Waals surface area contributed by atoms with Gasteiger partial charge in [-0.2, -0.15) is 0 Å². The van der Waals surface area contributed by atoms with Crippen LogP contribution in [0.5, 0.6) is 0 Å². The van der Waals surface area contributed by atoms with Gasteiger partial charge in [-0.05, 0) is 0 Å². The minimum atomic E-state index is -5.17. The Kier molecular flexibility index (Phi) is 533. The van der Waals surface area contributed by atoms with Gasteiger partial charge in [-0.25, -0.2) is 0 Å². The average molecular weight is 267 g/mol. The van der Waals surface area contributed by atoms with E-state index in [0.717, 1.165) is 0 Å². The van der Waals surface area contributed by atoms with Crippen molar-refractivity contribution in [1.82, 2.24) is 0 Å². The van der Waals surface area contributed by atoms with Gasteiger partial charge in [-0.3, -0.25) is 8.42 Å². The van der Waals surface area contributed by atoms with E-state index in [0.29, 0.717) is 0 Å². The molecule has 0 amide bonds. The summed E-state index contributed by atoms with van der Waals surface area (Å²) in [5, 5.41) is 0. The van der Waals surface area contributed by atoms with E-state index in [1.165, 1.54) is 0 Å². The van der Waals surface area contributed by atoms with Gasteiger partial charge in [0.15, 0.2) is 0 Å². The predicted molar refractivity (Wildman–Crippen MR) is 45.1 cm³/mol. The first kappa shape index (κ1) is 145. The molecule has 0 aromatic heterocycles. The quantitative estimate of drug-likeness (QED) is 0.234. The third kappa shape index (κ3) is 218000. The van der Waals surface area contributed by atoms with E-state index in [9.17, 15) is 0 Å². The van der Waals surface area contributed by atoms with E-state index in [-0.39, 0.29) is 61.2 Å². The van der Waals surface area contributed by atoms with Crippen molar-refractivity contribution < 1.29 is 61.3 Å². The maximum atomic E-state index is 8.52. The van der Waals surface area contributed by atoms with Crippen LogP contribution in [-0.2, 0) is 10.4 Å². The summed E-state index contributed by atoms with van der Waals surface area (Å²) in [6.45, 7) is 0. The first-order chi connectivity index (χ1) is 2.00. The topological polar surface area (TPSA) is 332 Å². The fourth-order valence-corrected chi connectivity index (χ4v) is 0. The summed E-state index contributed by atoms with van der Waals surface area (Å²) in [5.41, 5.74) is 0. The van der Waals surface area contributed by atoms with Gasteiger partial charge in [0.1, 0.15) is 0 Å². The molecule has 0 aliphatic carbocycles. The molecule has 14 heavy (non-hydrogen) atoms. The molecule has 0 bridgehead atoms. The Morgan fingerprint density at radius 1 is 0.571 bits per heavy atom. The number of hydrogen-bond donors (Lipinski definition) is 0. The molecule has 0 aliphatic heterocycles. The van der Waals surface area contributed by atoms with Crippen molar-refractivity contribution in [3.05, 3.63) is 0 Å². The van der Waals surface area contributed by atoms with Gasteiger partial charge >= 0.3 is 17.4 Å². The van der Waals surface area contributed by atoms with E-state index < -0.39 is 10.4 Å². The third-order valence-electron chi connectivity index (χ3n) is 0. The van der Waals surface area contributed by atoms with Crippen LogP contribution in [0.15, 0.2) is 0 Å². The number of rotatable bonds is 0. The molecule has 0 atom stereocenters. The zero-order valence-electron chi connectivity index (χ0n) is 6.62. The Hall–Kier alpha value is 0.0825. The first-order valence-electron chi connectivity index (χ1n) is 0.667. The molecule has 0 spiro atoms. The monoisotopic (exact) mass is 267 g/mol. The fraction of sp³-hybridized carbons (Fsp3) is 0. The second-order valence-corrected chi connectivity index (χ2v) is 1.22. The summed E-state index contributed by atoms with van der Waals surface area (Å²) in [4.78, 5) is 0. The standard InChI is InChI=1S/Al.H2O4S.8H2O/c;1-5(2,3)4;;;;;;;;/h;(H2,1,2,3,4);8*1H2/q+3;;;;;;;;;/p-2. The maximum absolute atomic E-state index is 8.52. The second kappa shape index (κ2) is 51.6. The summed E-state index contributed by atoms with van der Waals surface area (Å²) in [5.74, 6) is 0. The van der Waals surface area contributed by atoms with Crippen molar-refractivity contribution in [2.45, 2.75) is 0 Å². The van der Waals surface area contributed by atoms with Crippen LogP contribution in [0.3, 0.4) is 0 Å². The van der Waals surface area contributed by atoms with Gasteiger partial charge in [0.2, 0.25) is 0 Å². The summed E-state index contributed by atoms with van der Waals surface area (Å²) in [7, 11) is -5.17. The molecule has 0 aliphatic rings. The molecule has 14 heteroatoms. The van der Waals surface area contributed by atoms with Gasteiger partial charge in [0.05, 0.1) is 0 Å². The first-order valence-corrected chi connectivity index (χ1v) is 2.00. The maximum Gasteiger partial charge on any atom is 3.00 e. The van der Waals surface area contributed by atoms with Crippen LogP contribution in [0.2, 0.25) is 0 Å². The SMILES string of the molecule is O.O.O.O.O.O.O.O.O=S(=O)([O-])[O-].[Al+3]. The molecule has 0 aromatic carbocycles. The zero-order valence-corrected chi connectivity index (χ0v) is 8.59. The molecule has 0 unspecified atom stereocenters. The molecule has 0 radical (unpaired) electrons.